The average Bonchev–Trinajstić information content (AvgIpc) is 3.00. The molecule has 0 amide bonds. The minimum absolute atomic E-state index is 0.385. The van der Waals surface area contributed by atoms with E-state index in [0.29, 0.717) is 17.8 Å². The summed E-state index contributed by atoms with van der Waals surface area (Å²) < 4.78 is 7.84. The fourth-order valence-corrected chi connectivity index (χ4v) is 3.59. The number of benzene rings is 2. The number of esters is 1. The standard InChI is InChI=1S/C24H24N2O2/c1-24(2,3)28-23(27)21-18(13-16-9-5-4-6-10-16)15-26-19-12-8-7-11-17(19)14-20(26)22(21)25/h4-14H,15,25H2,1-3H3/b18-13+. The Morgan fingerprint density at radius 2 is 1.75 bits per heavy atom. The molecule has 0 radical (unpaired) electrons. The molecule has 2 aromatic carbocycles. The number of hydrogen-bond donors (Lipinski definition) is 1. The van der Waals surface area contributed by atoms with E-state index in [1.807, 2.05) is 75.4 Å². The first-order chi connectivity index (χ1) is 13.3. The van der Waals surface area contributed by atoms with Gasteiger partial charge in [0.15, 0.2) is 0 Å². The van der Waals surface area contributed by atoms with Crippen molar-refractivity contribution in [1.82, 2.24) is 4.57 Å². The van der Waals surface area contributed by atoms with Gasteiger partial charge >= 0.3 is 5.97 Å². The Morgan fingerprint density at radius 3 is 2.46 bits per heavy atom. The van der Waals surface area contributed by atoms with Crippen molar-refractivity contribution in [2.24, 2.45) is 5.73 Å². The first-order valence-corrected chi connectivity index (χ1v) is 9.41. The topological polar surface area (TPSA) is 57.2 Å². The second-order valence-corrected chi connectivity index (χ2v) is 8.05. The van der Waals surface area contributed by atoms with E-state index in [1.165, 1.54) is 0 Å². The van der Waals surface area contributed by atoms with Crippen LogP contribution >= 0.6 is 0 Å². The minimum atomic E-state index is -0.591. The van der Waals surface area contributed by atoms with E-state index in [9.17, 15) is 4.79 Å². The third kappa shape index (κ3) is 3.33. The Morgan fingerprint density at radius 1 is 1.07 bits per heavy atom. The molecule has 0 saturated heterocycles. The highest BCUT2D eigenvalue weighted by Gasteiger charge is 2.30. The highest BCUT2D eigenvalue weighted by atomic mass is 16.6. The van der Waals surface area contributed by atoms with Crippen LogP contribution in [0.25, 0.3) is 22.7 Å². The Hall–Kier alpha value is -3.27. The van der Waals surface area contributed by atoms with E-state index in [2.05, 4.69) is 16.7 Å². The smallest absolute Gasteiger partial charge is 0.341 e. The van der Waals surface area contributed by atoms with Gasteiger partial charge in [-0.3, -0.25) is 0 Å². The lowest BCUT2D eigenvalue weighted by Gasteiger charge is -2.26. The van der Waals surface area contributed by atoms with Gasteiger partial charge in [-0.25, -0.2) is 4.79 Å². The van der Waals surface area contributed by atoms with Crippen molar-refractivity contribution >= 4 is 28.6 Å². The number of para-hydroxylation sites is 1. The van der Waals surface area contributed by atoms with Crippen LogP contribution in [0.4, 0.5) is 0 Å². The van der Waals surface area contributed by atoms with Gasteiger partial charge in [0, 0.05) is 17.4 Å². The molecule has 4 rings (SSSR count). The molecule has 2 heterocycles. The van der Waals surface area contributed by atoms with Gasteiger partial charge in [-0.2, -0.15) is 0 Å². The number of carbonyl (C=O) groups is 1. The minimum Gasteiger partial charge on any atom is -0.456 e. The van der Waals surface area contributed by atoms with Gasteiger partial charge < -0.3 is 15.0 Å². The summed E-state index contributed by atoms with van der Waals surface area (Å²) in [5.41, 5.74) is 10.7. The number of nitrogens with zero attached hydrogens (tertiary/aromatic N) is 1. The number of rotatable bonds is 2. The van der Waals surface area contributed by atoms with Crippen molar-refractivity contribution in [1.29, 1.82) is 0 Å². The molecule has 1 aliphatic rings. The second kappa shape index (κ2) is 6.71. The summed E-state index contributed by atoms with van der Waals surface area (Å²) in [5.74, 6) is -0.385. The number of fused-ring (bicyclic) bond motifs is 3. The number of hydrogen-bond acceptors (Lipinski definition) is 3. The fraction of sp³-hybridized carbons (Fsp3) is 0.208. The van der Waals surface area contributed by atoms with Gasteiger partial charge in [0.2, 0.25) is 0 Å². The molecule has 0 fully saturated rings. The lowest BCUT2D eigenvalue weighted by atomic mass is 9.96. The number of ether oxygens (including phenoxy) is 1. The van der Waals surface area contributed by atoms with E-state index < -0.39 is 5.60 Å². The quantitative estimate of drug-likeness (QED) is 0.661. The van der Waals surface area contributed by atoms with E-state index >= 15 is 0 Å². The summed E-state index contributed by atoms with van der Waals surface area (Å²) >= 11 is 0. The molecule has 4 nitrogen and oxygen atoms in total. The fourth-order valence-electron chi connectivity index (χ4n) is 3.59. The third-order valence-corrected chi connectivity index (χ3v) is 4.75. The number of nitrogens with two attached hydrogens (primary N) is 1. The van der Waals surface area contributed by atoms with Gasteiger partial charge in [0.05, 0.1) is 17.0 Å². The summed E-state index contributed by atoms with van der Waals surface area (Å²) in [6, 6.07) is 20.1. The molecule has 0 unspecified atom stereocenters. The zero-order valence-corrected chi connectivity index (χ0v) is 16.4. The molecule has 2 N–H and O–H groups in total. The van der Waals surface area contributed by atoms with Gasteiger partial charge in [0.1, 0.15) is 5.60 Å². The predicted octanol–water partition coefficient (Wildman–Crippen LogP) is 4.75. The van der Waals surface area contributed by atoms with Crippen LogP contribution in [0.3, 0.4) is 0 Å². The van der Waals surface area contributed by atoms with Crippen molar-refractivity contribution in [2.45, 2.75) is 32.9 Å². The molecule has 3 aromatic rings. The summed E-state index contributed by atoms with van der Waals surface area (Å²) in [4.78, 5) is 13.0. The van der Waals surface area contributed by atoms with Crippen molar-refractivity contribution < 1.29 is 9.53 Å². The number of carbonyl (C=O) groups excluding carboxylic acids is 1. The zero-order chi connectivity index (χ0) is 19.9. The average molecular weight is 372 g/mol. The van der Waals surface area contributed by atoms with Crippen LogP contribution in [0, 0.1) is 0 Å². The summed E-state index contributed by atoms with van der Waals surface area (Å²) in [6.45, 7) is 6.15. The van der Waals surface area contributed by atoms with Crippen molar-refractivity contribution in [2.75, 3.05) is 0 Å². The highest BCUT2D eigenvalue weighted by molar-refractivity contribution is 6.05. The number of aromatic nitrogens is 1. The van der Waals surface area contributed by atoms with Crippen LogP contribution in [0.15, 0.2) is 71.8 Å². The molecule has 0 aliphatic carbocycles. The molecule has 0 atom stereocenters. The van der Waals surface area contributed by atoms with Gasteiger partial charge in [-0.05, 0) is 50.1 Å². The Bertz CT molecular complexity index is 1110. The normalized spacial score (nSPS) is 15.8. The molecule has 0 spiro atoms. The zero-order valence-electron chi connectivity index (χ0n) is 16.4. The van der Waals surface area contributed by atoms with Gasteiger partial charge in [-0.15, -0.1) is 0 Å². The van der Waals surface area contributed by atoms with Crippen LogP contribution in [0.1, 0.15) is 32.0 Å². The maximum atomic E-state index is 13.0. The maximum Gasteiger partial charge on any atom is 0.341 e. The molecule has 0 saturated carbocycles. The van der Waals surface area contributed by atoms with Crippen LogP contribution < -0.4 is 5.73 Å². The Kier molecular flexibility index (Phi) is 4.34. The SMILES string of the molecule is CC(C)(C)OC(=O)C1=C(N)c2cc3ccccc3n2C/C1=C\c1ccccc1. The summed E-state index contributed by atoms with van der Waals surface area (Å²) in [6.07, 6.45) is 2.02. The van der Waals surface area contributed by atoms with Crippen LogP contribution in [-0.4, -0.2) is 16.1 Å². The lowest BCUT2D eigenvalue weighted by Crippen LogP contribution is -2.29. The Labute approximate surface area is 164 Å². The second-order valence-electron chi connectivity index (χ2n) is 8.05. The van der Waals surface area contributed by atoms with Crippen LogP contribution in [0.2, 0.25) is 0 Å². The molecule has 28 heavy (non-hydrogen) atoms. The highest BCUT2D eigenvalue weighted by Crippen LogP contribution is 2.35. The predicted molar refractivity (Wildman–Crippen MR) is 113 cm³/mol. The summed E-state index contributed by atoms with van der Waals surface area (Å²) in [5, 5.41) is 1.10. The van der Waals surface area contributed by atoms with Crippen molar-refractivity contribution in [3.8, 4) is 0 Å². The monoisotopic (exact) mass is 372 g/mol. The molecule has 4 heteroatoms. The van der Waals surface area contributed by atoms with E-state index in [4.69, 9.17) is 10.5 Å². The largest absolute Gasteiger partial charge is 0.456 e. The van der Waals surface area contributed by atoms with Gasteiger partial charge in [0.25, 0.3) is 0 Å². The molecule has 1 aliphatic heterocycles. The lowest BCUT2D eigenvalue weighted by molar-refractivity contribution is -0.149. The third-order valence-electron chi connectivity index (χ3n) is 4.75. The van der Waals surface area contributed by atoms with Crippen molar-refractivity contribution in [3.63, 3.8) is 0 Å². The molecule has 1 aromatic heterocycles. The molecule has 0 bridgehead atoms. The van der Waals surface area contributed by atoms with E-state index in [1.54, 1.807) is 0 Å². The van der Waals surface area contributed by atoms with E-state index in [-0.39, 0.29) is 5.97 Å². The van der Waals surface area contributed by atoms with Crippen LogP contribution in [0.5, 0.6) is 0 Å². The maximum absolute atomic E-state index is 13.0. The first kappa shape index (κ1) is 18.1. The Balaban J connectivity index is 1.91. The van der Waals surface area contributed by atoms with Crippen LogP contribution in [-0.2, 0) is 16.1 Å². The van der Waals surface area contributed by atoms with E-state index in [0.717, 1.165) is 27.7 Å². The van der Waals surface area contributed by atoms with Crippen molar-refractivity contribution in [3.05, 3.63) is 83.1 Å². The molecule has 142 valence electrons. The first-order valence-electron chi connectivity index (χ1n) is 9.41. The van der Waals surface area contributed by atoms with Gasteiger partial charge in [-0.1, -0.05) is 48.5 Å². The molecular weight excluding hydrogens is 348 g/mol. The summed E-state index contributed by atoms with van der Waals surface area (Å²) in [7, 11) is 0. The molecular formula is C24H24N2O2.